The van der Waals surface area contributed by atoms with Gasteiger partial charge < -0.3 is 19.6 Å². The Morgan fingerprint density at radius 2 is 0.603 bits per heavy atom. The maximum Gasteiger partial charge on any atom is 1.00 e. The summed E-state index contributed by atoms with van der Waals surface area (Å²) in [5, 5.41) is 6.87. The summed E-state index contributed by atoms with van der Waals surface area (Å²) in [4.78, 5) is 6.13. The molecule has 2 aliphatic rings. The number of likely N-dealkylation sites (N-methyl/N-ethyl adjacent to an activating group) is 4. The molecule has 0 amide bonds. The van der Waals surface area contributed by atoms with Crippen molar-refractivity contribution in [2.45, 2.75) is 39.3 Å². The van der Waals surface area contributed by atoms with E-state index in [1.54, 1.807) is 21.2 Å². The molecule has 2 aliphatic heterocycles. The first-order chi connectivity index (χ1) is 26.9. The van der Waals surface area contributed by atoms with Gasteiger partial charge in [-0.25, -0.2) is 13.8 Å². The van der Waals surface area contributed by atoms with Crippen LogP contribution in [0.3, 0.4) is 0 Å². The van der Waals surface area contributed by atoms with Gasteiger partial charge in [-0.1, -0.05) is 170 Å². The van der Waals surface area contributed by atoms with E-state index in [0.29, 0.717) is 0 Å². The van der Waals surface area contributed by atoms with Crippen LogP contribution in [0.2, 0.25) is 39.3 Å². The van der Waals surface area contributed by atoms with Gasteiger partial charge >= 0.3 is 18.9 Å². The molecule has 14 heteroatoms. The molecule has 4 unspecified atom stereocenters. The van der Waals surface area contributed by atoms with Crippen molar-refractivity contribution in [3.05, 3.63) is 121 Å². The van der Waals surface area contributed by atoms with Crippen LogP contribution in [0.25, 0.3) is 0 Å². The molecule has 0 radical (unpaired) electrons. The average molecular weight is 939 g/mol. The molecule has 7 rings (SSSR count). The molecule has 3 heterocycles. The summed E-state index contributed by atoms with van der Waals surface area (Å²) < 4.78 is 4.40. The van der Waals surface area contributed by atoms with Crippen molar-refractivity contribution in [1.29, 1.82) is 0 Å². The number of benzene rings is 4. The van der Waals surface area contributed by atoms with Gasteiger partial charge in [0.15, 0.2) is 0 Å². The molecule has 310 valence electrons. The fourth-order valence-corrected chi connectivity index (χ4v) is 179. The fourth-order valence-electron chi connectivity index (χ4n) is 7.80. The molecule has 5 aromatic rings. The third kappa shape index (κ3) is 10.6. The standard InChI is InChI=1S/C32H38P7Si2.2C6H16N2.Li/c1-40(2,3)31-34-35-32(41(4,5)6)39(29-23-15-9-16-24-29,30-25-17-10-18-26-30)36(34)33-37(35)38(31,27-19-11-7-12-20-27)28-21-13-8-14-22-28;2*1-7(2)5-6-8(3)4;/h7-26H,1-6H3;2*5-6H2,1-4H3;/q-1;;;+1/p+4. The van der Waals surface area contributed by atoms with Gasteiger partial charge in [-0.05, 0) is 34.4 Å². The number of nitrogens with one attached hydrogen (secondary N) is 4. The van der Waals surface area contributed by atoms with Gasteiger partial charge in [0.2, 0.25) is 0 Å². The number of rotatable bonds is 12. The molecule has 1 aromatic heterocycles. The minimum Gasteiger partial charge on any atom is -0.335 e. The normalized spacial score (nSPS) is 16.4. The Kier molecular flexibility index (Phi) is 18.7. The molecular weight excluding hydrogens is 864 g/mol. The monoisotopic (exact) mass is 938 g/mol. The summed E-state index contributed by atoms with van der Waals surface area (Å²) in [6.07, 6.45) is 0. The van der Waals surface area contributed by atoms with Gasteiger partial charge in [0, 0.05) is 0 Å². The largest absolute Gasteiger partial charge is 1.00 e. The summed E-state index contributed by atoms with van der Waals surface area (Å²) in [5.74, 6) is 0. The first-order valence-electron chi connectivity index (χ1n) is 20.7. The molecule has 58 heavy (non-hydrogen) atoms. The van der Waals surface area contributed by atoms with Crippen LogP contribution < -0.4 is 59.7 Å². The molecule has 0 aliphatic carbocycles. The minimum atomic E-state index is -1.62. The predicted molar refractivity (Wildman–Crippen MR) is 280 cm³/mol. The second-order valence-corrected chi connectivity index (χ2v) is 65.3. The maximum absolute atomic E-state index is 2.73. The molecule has 0 saturated carbocycles. The van der Waals surface area contributed by atoms with Crippen molar-refractivity contribution in [1.82, 2.24) is 0 Å². The van der Waals surface area contributed by atoms with Crippen LogP contribution in [0.4, 0.5) is 0 Å². The Morgan fingerprint density at radius 1 is 0.397 bits per heavy atom. The molecule has 0 spiro atoms. The van der Waals surface area contributed by atoms with E-state index in [1.807, 2.05) is 7.55 Å². The SMILES string of the molecule is C[NH+](C)CC[NH+](C)C.C[NH+](C)CC[NH+](C)C.C[Si](C)(C)C1=P(c2ccccc2)(c2ccccc2)p2[p-]p3p1p2C([Si](C)(C)C)=P3(c1ccccc1)c1ccccc1.[Li+]. The van der Waals surface area contributed by atoms with E-state index in [0.717, 1.165) is 0 Å². The predicted octanol–water partition coefficient (Wildman–Crippen LogP) is 3.21. The number of hydrogen-bond acceptors (Lipinski definition) is 0. The van der Waals surface area contributed by atoms with Gasteiger partial charge in [-0.2, -0.15) is 20.7 Å². The summed E-state index contributed by atoms with van der Waals surface area (Å²) in [6.45, 7) is 17.8. The summed E-state index contributed by atoms with van der Waals surface area (Å²) >= 11 is 0. The number of hydrogen-bond donors (Lipinski definition) is 4. The van der Waals surface area contributed by atoms with Crippen LogP contribution >= 0.6 is 47.6 Å². The molecule has 4 bridgehead atoms. The Balaban J connectivity index is 0.000000371. The quantitative estimate of drug-likeness (QED) is 0.109. The van der Waals surface area contributed by atoms with Crippen LogP contribution in [-0.4, -0.2) is 108 Å². The van der Waals surface area contributed by atoms with Gasteiger partial charge in [0.05, 0.1) is 72.5 Å². The first kappa shape index (κ1) is 50.5. The molecule has 4 aromatic carbocycles. The van der Waals surface area contributed by atoms with Crippen LogP contribution in [0.1, 0.15) is 0 Å². The topological polar surface area (TPSA) is 17.8 Å². The minimum absolute atomic E-state index is 0. The Bertz CT molecular complexity index is 1940. The van der Waals surface area contributed by atoms with Crippen molar-refractivity contribution in [3.63, 3.8) is 0 Å². The van der Waals surface area contributed by atoms with Crippen LogP contribution in [-0.2, 0) is 0 Å². The zero-order valence-electron chi connectivity index (χ0n) is 38.5. The van der Waals surface area contributed by atoms with Crippen molar-refractivity contribution in [2.24, 2.45) is 0 Å². The van der Waals surface area contributed by atoms with Crippen LogP contribution in [0, 0.1) is 0 Å². The van der Waals surface area contributed by atoms with Crippen molar-refractivity contribution >= 4 is 94.3 Å². The van der Waals surface area contributed by atoms with Gasteiger partial charge in [0.1, 0.15) is 26.2 Å². The van der Waals surface area contributed by atoms with E-state index in [4.69, 9.17) is 0 Å². The summed E-state index contributed by atoms with van der Waals surface area (Å²) in [7, 11) is 16.2. The van der Waals surface area contributed by atoms with Crippen LogP contribution in [0.5, 0.6) is 0 Å². The van der Waals surface area contributed by atoms with Crippen molar-refractivity contribution in [3.8, 4) is 0 Å². The van der Waals surface area contributed by atoms with Gasteiger partial charge in [-0.3, -0.25) is 0 Å². The van der Waals surface area contributed by atoms with E-state index < -0.39 is 29.3 Å². The fraction of sp³-hybridized carbons (Fsp3) is 0.409. The molecular formula is C44H74LiN4P7Si2+4. The van der Waals surface area contributed by atoms with Crippen molar-refractivity contribution < 1.29 is 38.5 Å². The third-order valence-electron chi connectivity index (χ3n) is 10.3. The third-order valence-corrected chi connectivity index (χ3v) is 96.3. The first-order valence-corrected chi connectivity index (χ1v) is 42.5. The molecule has 0 saturated heterocycles. The van der Waals surface area contributed by atoms with E-state index in [-0.39, 0.29) is 45.8 Å². The molecule has 4 N–H and O–H groups in total. The van der Waals surface area contributed by atoms with E-state index in [2.05, 4.69) is 226 Å². The smallest absolute Gasteiger partial charge is 0.335 e. The van der Waals surface area contributed by atoms with Gasteiger partial charge in [0.25, 0.3) is 0 Å². The second kappa shape index (κ2) is 21.5. The second-order valence-electron chi connectivity index (χ2n) is 18.8. The Morgan fingerprint density at radius 3 is 0.776 bits per heavy atom. The maximum atomic E-state index is 2.73. The number of quaternary nitrogens is 4. The molecule has 4 atom stereocenters. The van der Waals surface area contributed by atoms with E-state index in [1.165, 1.54) is 45.8 Å². The Hall–Kier alpha value is -0.149. The molecule has 4 nitrogen and oxygen atoms in total. The molecule has 0 fully saturated rings. The zero-order valence-corrected chi connectivity index (χ0v) is 46.8. The summed E-state index contributed by atoms with van der Waals surface area (Å²) in [5.41, 5.74) is 0. The summed E-state index contributed by atoms with van der Waals surface area (Å²) in [6, 6.07) is 48.2. The zero-order chi connectivity index (χ0) is 41.8. The Labute approximate surface area is 373 Å². The van der Waals surface area contributed by atoms with E-state index in [9.17, 15) is 0 Å². The van der Waals surface area contributed by atoms with E-state index >= 15 is 0 Å². The van der Waals surface area contributed by atoms with Crippen molar-refractivity contribution in [2.75, 3.05) is 82.6 Å². The van der Waals surface area contributed by atoms with Gasteiger partial charge in [-0.15, -0.1) is 0 Å². The average Bonchev–Trinajstić information content (AvgIpc) is 3.79. The van der Waals surface area contributed by atoms with Crippen LogP contribution in [0.15, 0.2) is 121 Å².